The molecule has 0 unspecified atom stereocenters. The minimum absolute atomic E-state index is 0.134. The van der Waals surface area contributed by atoms with Crippen LogP contribution in [0.3, 0.4) is 0 Å². The Morgan fingerprint density at radius 2 is 1.84 bits per heavy atom. The van der Waals surface area contributed by atoms with Gasteiger partial charge in [-0.05, 0) is 29.3 Å². The number of benzene rings is 2. The summed E-state index contributed by atoms with van der Waals surface area (Å²) in [5.41, 5.74) is 3.44. The molecule has 0 saturated heterocycles. The Labute approximate surface area is 189 Å². The zero-order chi connectivity index (χ0) is 22.5. The Bertz CT molecular complexity index is 1300. The van der Waals surface area contributed by atoms with Crippen LogP contribution in [0.25, 0.3) is 11.7 Å². The molecule has 0 atom stereocenters. The molecular formula is C24H19ClN4O3. The number of hydrogen-bond acceptors (Lipinski definition) is 4. The van der Waals surface area contributed by atoms with E-state index in [1.54, 1.807) is 22.9 Å². The molecule has 4 rings (SSSR count). The van der Waals surface area contributed by atoms with Gasteiger partial charge in [0.05, 0.1) is 6.42 Å². The monoisotopic (exact) mass is 446 g/mol. The number of carbonyl (C=O) groups is 2. The van der Waals surface area contributed by atoms with Gasteiger partial charge in [0.15, 0.2) is 0 Å². The van der Waals surface area contributed by atoms with Gasteiger partial charge in [-0.2, -0.15) is 0 Å². The maximum atomic E-state index is 12.1. The molecule has 1 amide bonds. The zero-order valence-electron chi connectivity index (χ0n) is 16.9. The summed E-state index contributed by atoms with van der Waals surface area (Å²) in [7, 11) is 0. The first-order chi connectivity index (χ1) is 15.5. The lowest BCUT2D eigenvalue weighted by molar-refractivity contribution is -0.136. The molecule has 7 nitrogen and oxygen atoms in total. The Balaban J connectivity index is 1.47. The van der Waals surface area contributed by atoms with Crippen molar-refractivity contribution in [1.29, 1.82) is 0 Å². The van der Waals surface area contributed by atoms with Crippen LogP contribution in [0, 0.1) is 0 Å². The van der Waals surface area contributed by atoms with Gasteiger partial charge < -0.3 is 10.4 Å². The third kappa shape index (κ3) is 5.01. The van der Waals surface area contributed by atoms with Crippen molar-refractivity contribution in [3.63, 3.8) is 0 Å². The maximum absolute atomic E-state index is 12.1. The number of rotatable bonds is 7. The molecule has 0 radical (unpaired) electrons. The Morgan fingerprint density at radius 3 is 2.56 bits per heavy atom. The number of carbonyl (C=O) groups excluding carboxylic acids is 1. The molecule has 0 saturated carbocycles. The second-order valence-corrected chi connectivity index (χ2v) is 7.45. The van der Waals surface area contributed by atoms with Crippen LogP contribution in [0.4, 0.5) is 5.69 Å². The van der Waals surface area contributed by atoms with Crippen LogP contribution in [0.5, 0.6) is 0 Å². The minimum Gasteiger partial charge on any atom is -0.481 e. The number of aliphatic carboxylic acids is 1. The lowest BCUT2D eigenvalue weighted by atomic mass is 10.1. The van der Waals surface area contributed by atoms with Crippen LogP contribution in [-0.4, -0.2) is 31.4 Å². The highest BCUT2D eigenvalue weighted by atomic mass is 35.5. The van der Waals surface area contributed by atoms with E-state index in [4.69, 9.17) is 16.7 Å². The molecule has 2 aromatic carbocycles. The zero-order valence-corrected chi connectivity index (χ0v) is 17.7. The van der Waals surface area contributed by atoms with Crippen molar-refractivity contribution in [3.8, 4) is 0 Å². The third-order valence-electron chi connectivity index (χ3n) is 4.80. The first-order valence-corrected chi connectivity index (χ1v) is 10.2. The van der Waals surface area contributed by atoms with Crippen LogP contribution >= 0.6 is 11.6 Å². The predicted molar refractivity (Wildman–Crippen MR) is 123 cm³/mol. The van der Waals surface area contributed by atoms with Gasteiger partial charge in [0.25, 0.3) is 0 Å². The number of imidazole rings is 1. The fraction of sp³-hybridized carbons (Fsp3) is 0.0833. The van der Waals surface area contributed by atoms with Crippen molar-refractivity contribution >= 4 is 40.9 Å². The summed E-state index contributed by atoms with van der Waals surface area (Å²) in [4.78, 5) is 31.9. The van der Waals surface area contributed by atoms with E-state index < -0.39 is 5.97 Å². The van der Waals surface area contributed by atoms with E-state index in [9.17, 15) is 9.59 Å². The molecule has 160 valence electrons. The normalized spacial score (nSPS) is 11.2. The highest BCUT2D eigenvalue weighted by molar-refractivity contribution is 6.30. The summed E-state index contributed by atoms with van der Waals surface area (Å²) in [6, 6.07) is 17.0. The number of nitrogens with one attached hydrogen (secondary N) is 1. The molecule has 0 bridgehead atoms. The minimum atomic E-state index is -0.998. The second-order valence-electron chi connectivity index (χ2n) is 7.10. The maximum Gasteiger partial charge on any atom is 0.308 e. The lowest BCUT2D eigenvalue weighted by Crippen LogP contribution is -2.10. The molecular weight excluding hydrogens is 428 g/mol. The molecule has 2 heterocycles. The fourth-order valence-corrected chi connectivity index (χ4v) is 3.55. The van der Waals surface area contributed by atoms with E-state index in [0.29, 0.717) is 29.1 Å². The number of fused-ring (bicyclic) bond motifs is 1. The van der Waals surface area contributed by atoms with E-state index in [2.05, 4.69) is 15.3 Å². The van der Waals surface area contributed by atoms with Crippen LogP contribution in [0.1, 0.15) is 22.5 Å². The number of amides is 1. The molecule has 8 heteroatoms. The molecule has 0 spiro atoms. The van der Waals surface area contributed by atoms with Crippen molar-refractivity contribution in [2.75, 3.05) is 5.32 Å². The first kappa shape index (κ1) is 21.3. The SMILES string of the molecule is O=C(O)Cc1c(Cl)nc(Cc2ccc(NC(=O)/C=C/c3ccccc3)cc2)n2ccnc12. The van der Waals surface area contributed by atoms with E-state index in [1.165, 1.54) is 6.08 Å². The lowest BCUT2D eigenvalue weighted by Gasteiger charge is -2.10. The van der Waals surface area contributed by atoms with Gasteiger partial charge in [-0.3, -0.25) is 14.0 Å². The Morgan fingerprint density at radius 1 is 1.09 bits per heavy atom. The molecule has 0 aliphatic heterocycles. The van der Waals surface area contributed by atoms with Gasteiger partial charge in [0.1, 0.15) is 16.6 Å². The van der Waals surface area contributed by atoms with E-state index in [0.717, 1.165) is 11.1 Å². The number of anilines is 1. The second kappa shape index (κ2) is 9.45. The van der Waals surface area contributed by atoms with E-state index in [1.807, 2.05) is 54.6 Å². The van der Waals surface area contributed by atoms with Gasteiger partial charge >= 0.3 is 5.97 Å². The third-order valence-corrected chi connectivity index (χ3v) is 5.12. The highest BCUT2D eigenvalue weighted by Gasteiger charge is 2.16. The molecule has 32 heavy (non-hydrogen) atoms. The average molecular weight is 447 g/mol. The van der Waals surface area contributed by atoms with Crippen molar-refractivity contribution in [2.24, 2.45) is 0 Å². The highest BCUT2D eigenvalue weighted by Crippen LogP contribution is 2.22. The van der Waals surface area contributed by atoms with Crippen LogP contribution in [0.15, 0.2) is 73.1 Å². The number of carboxylic acids is 1. The number of aromatic nitrogens is 3. The topological polar surface area (TPSA) is 96.6 Å². The van der Waals surface area contributed by atoms with Crippen molar-refractivity contribution in [3.05, 3.63) is 101 Å². The molecule has 0 aliphatic rings. The van der Waals surface area contributed by atoms with Gasteiger partial charge in [0, 0.05) is 36.1 Å². The smallest absolute Gasteiger partial charge is 0.308 e. The van der Waals surface area contributed by atoms with E-state index >= 15 is 0 Å². The molecule has 2 N–H and O–H groups in total. The standard InChI is InChI=1S/C24H19ClN4O3/c25-23-19(15-22(31)32)24-26-12-13-29(24)20(28-23)14-17-6-9-18(10-7-17)27-21(30)11-8-16-4-2-1-3-5-16/h1-13H,14-15H2,(H,27,30)(H,31,32)/b11-8+. The van der Waals surface area contributed by atoms with E-state index in [-0.39, 0.29) is 17.5 Å². The Kier molecular flexibility index (Phi) is 6.28. The summed E-state index contributed by atoms with van der Waals surface area (Å²) in [6.45, 7) is 0. The molecule has 4 aromatic rings. The first-order valence-electron chi connectivity index (χ1n) is 9.85. The van der Waals surface area contributed by atoms with Crippen LogP contribution in [-0.2, 0) is 22.4 Å². The molecule has 2 aromatic heterocycles. The number of carboxylic acid groups (broad SMARTS) is 1. The van der Waals surface area contributed by atoms with Gasteiger partial charge in [-0.25, -0.2) is 9.97 Å². The van der Waals surface area contributed by atoms with Crippen molar-refractivity contribution < 1.29 is 14.7 Å². The summed E-state index contributed by atoms with van der Waals surface area (Å²) in [5.74, 6) is -0.578. The predicted octanol–water partition coefficient (Wildman–Crippen LogP) is 4.25. The summed E-state index contributed by atoms with van der Waals surface area (Å²) in [5, 5.41) is 12.1. The molecule has 0 aliphatic carbocycles. The number of hydrogen-bond donors (Lipinski definition) is 2. The summed E-state index contributed by atoms with van der Waals surface area (Å²) in [6.07, 6.45) is 6.77. The van der Waals surface area contributed by atoms with Crippen molar-refractivity contribution in [2.45, 2.75) is 12.8 Å². The summed E-state index contributed by atoms with van der Waals surface area (Å²) >= 11 is 6.25. The quantitative estimate of drug-likeness (QED) is 0.326. The largest absolute Gasteiger partial charge is 0.481 e. The molecule has 0 fully saturated rings. The van der Waals surface area contributed by atoms with Crippen LogP contribution < -0.4 is 5.32 Å². The van der Waals surface area contributed by atoms with Gasteiger partial charge in [-0.1, -0.05) is 54.1 Å². The average Bonchev–Trinajstić information content (AvgIpc) is 3.27. The van der Waals surface area contributed by atoms with Crippen LogP contribution in [0.2, 0.25) is 5.15 Å². The van der Waals surface area contributed by atoms with Crippen molar-refractivity contribution in [1.82, 2.24) is 14.4 Å². The number of halogens is 1. The Hall–Kier alpha value is -3.97. The number of nitrogens with zero attached hydrogens (tertiary/aromatic N) is 3. The van der Waals surface area contributed by atoms with Gasteiger partial charge in [0.2, 0.25) is 5.91 Å². The van der Waals surface area contributed by atoms with Gasteiger partial charge in [-0.15, -0.1) is 0 Å². The summed E-state index contributed by atoms with van der Waals surface area (Å²) < 4.78 is 1.74. The fourth-order valence-electron chi connectivity index (χ4n) is 3.30.